The fraction of sp³-hybridized carbons (Fsp3) is 0.148. The van der Waals surface area contributed by atoms with Gasteiger partial charge in [-0.1, -0.05) is 47.1 Å². The third-order valence-electron chi connectivity index (χ3n) is 5.85. The Labute approximate surface area is 213 Å². The molecule has 0 fully saturated rings. The van der Waals surface area contributed by atoms with Crippen molar-refractivity contribution in [2.24, 2.45) is 0 Å². The zero-order valence-electron chi connectivity index (χ0n) is 20.2. The van der Waals surface area contributed by atoms with Gasteiger partial charge in [-0.2, -0.15) is 18.2 Å². The van der Waals surface area contributed by atoms with Gasteiger partial charge in [-0.3, -0.25) is 9.59 Å². The number of rotatable bonds is 5. The molecule has 0 radical (unpaired) electrons. The van der Waals surface area contributed by atoms with E-state index >= 15 is 0 Å². The number of aryl methyl sites for hydroxylation is 2. The maximum absolute atomic E-state index is 13.4. The monoisotopic (exact) mass is 519 g/mol. The second-order valence-electron chi connectivity index (χ2n) is 8.70. The van der Waals surface area contributed by atoms with Crippen LogP contribution in [0.25, 0.3) is 33.9 Å². The van der Waals surface area contributed by atoms with E-state index in [0.29, 0.717) is 11.3 Å². The smallest absolute Gasteiger partial charge is 0.333 e. The standard InChI is InChI=1S/C27H20F3N5O3/c1-15-7-10-17(11-8-15)24-33-26(38-34-24)19-13-35(25-18(23(19)37)12-9-16(2)31-25)14-22(36)32-21-6-4-3-5-20(21)27(28,29)30/h3-13H,14H2,1-2H3,(H,32,36). The van der Waals surface area contributed by atoms with Gasteiger partial charge in [0.05, 0.1) is 16.6 Å². The molecule has 0 aliphatic carbocycles. The van der Waals surface area contributed by atoms with Gasteiger partial charge in [0.25, 0.3) is 5.89 Å². The second kappa shape index (κ2) is 9.58. The number of anilines is 1. The van der Waals surface area contributed by atoms with E-state index in [4.69, 9.17) is 4.52 Å². The summed E-state index contributed by atoms with van der Waals surface area (Å²) in [5, 5.41) is 6.47. The number of nitrogens with one attached hydrogen (secondary N) is 1. The van der Waals surface area contributed by atoms with Crippen molar-refractivity contribution in [3.05, 3.63) is 93.9 Å². The molecular formula is C27H20F3N5O3. The fourth-order valence-electron chi connectivity index (χ4n) is 3.97. The van der Waals surface area contributed by atoms with Crippen molar-refractivity contribution in [1.29, 1.82) is 0 Å². The highest BCUT2D eigenvalue weighted by Gasteiger charge is 2.33. The molecule has 0 unspecified atom stereocenters. The number of alkyl halides is 3. The van der Waals surface area contributed by atoms with Crippen LogP contribution in [-0.2, 0) is 17.5 Å². The molecular weight excluding hydrogens is 499 g/mol. The van der Waals surface area contributed by atoms with Crippen LogP contribution in [0.5, 0.6) is 0 Å². The molecule has 3 aromatic heterocycles. The summed E-state index contributed by atoms with van der Waals surface area (Å²) >= 11 is 0. The number of aromatic nitrogens is 4. The predicted octanol–water partition coefficient (Wildman–Crippen LogP) is 5.39. The molecule has 0 aliphatic heterocycles. The zero-order chi connectivity index (χ0) is 27.0. The molecule has 1 N–H and O–H groups in total. The third-order valence-corrected chi connectivity index (χ3v) is 5.85. The minimum Gasteiger partial charge on any atom is -0.333 e. The van der Waals surface area contributed by atoms with Crippen LogP contribution < -0.4 is 10.7 Å². The van der Waals surface area contributed by atoms with Crippen LogP contribution in [0.15, 0.2) is 76.2 Å². The Balaban J connectivity index is 1.54. The van der Waals surface area contributed by atoms with E-state index in [1.807, 2.05) is 31.2 Å². The summed E-state index contributed by atoms with van der Waals surface area (Å²) < 4.78 is 46.9. The minimum atomic E-state index is -4.65. The van der Waals surface area contributed by atoms with E-state index in [-0.39, 0.29) is 34.0 Å². The molecule has 0 saturated carbocycles. The van der Waals surface area contributed by atoms with Crippen molar-refractivity contribution in [3.8, 4) is 22.8 Å². The van der Waals surface area contributed by atoms with Crippen LogP contribution in [0.2, 0.25) is 0 Å². The molecule has 192 valence electrons. The van der Waals surface area contributed by atoms with Crippen LogP contribution in [0.1, 0.15) is 16.8 Å². The molecule has 2 aromatic carbocycles. The lowest BCUT2D eigenvalue weighted by molar-refractivity contribution is -0.137. The number of halogens is 3. The van der Waals surface area contributed by atoms with Crippen molar-refractivity contribution in [1.82, 2.24) is 19.7 Å². The van der Waals surface area contributed by atoms with Crippen LogP contribution in [0.4, 0.5) is 18.9 Å². The van der Waals surface area contributed by atoms with Gasteiger partial charge in [-0.05, 0) is 38.1 Å². The molecule has 38 heavy (non-hydrogen) atoms. The maximum Gasteiger partial charge on any atom is 0.418 e. The maximum atomic E-state index is 13.4. The van der Waals surface area contributed by atoms with Gasteiger partial charge in [0.2, 0.25) is 17.2 Å². The lowest BCUT2D eigenvalue weighted by atomic mass is 10.1. The van der Waals surface area contributed by atoms with E-state index < -0.39 is 29.6 Å². The number of carbonyl (C=O) groups is 1. The van der Waals surface area contributed by atoms with Crippen molar-refractivity contribution in [2.45, 2.75) is 26.6 Å². The van der Waals surface area contributed by atoms with E-state index in [0.717, 1.165) is 11.6 Å². The molecule has 0 aliphatic rings. The number of nitrogens with zero attached hydrogens (tertiary/aromatic N) is 4. The van der Waals surface area contributed by atoms with Gasteiger partial charge in [0.15, 0.2) is 0 Å². The molecule has 0 atom stereocenters. The topological polar surface area (TPSA) is 103 Å². The van der Waals surface area contributed by atoms with Crippen LogP contribution in [0, 0.1) is 13.8 Å². The largest absolute Gasteiger partial charge is 0.418 e. The first-order valence-electron chi connectivity index (χ1n) is 11.5. The highest BCUT2D eigenvalue weighted by Crippen LogP contribution is 2.34. The van der Waals surface area contributed by atoms with Gasteiger partial charge < -0.3 is 14.4 Å². The number of hydrogen-bond donors (Lipinski definition) is 1. The molecule has 8 nitrogen and oxygen atoms in total. The number of para-hydroxylation sites is 1. The average molecular weight is 519 g/mol. The zero-order valence-corrected chi connectivity index (χ0v) is 20.2. The van der Waals surface area contributed by atoms with E-state index in [1.54, 1.807) is 19.1 Å². The van der Waals surface area contributed by atoms with Gasteiger partial charge in [-0.25, -0.2) is 4.98 Å². The number of hydrogen-bond acceptors (Lipinski definition) is 6. The van der Waals surface area contributed by atoms with Gasteiger partial charge >= 0.3 is 6.18 Å². The molecule has 0 spiro atoms. The first-order valence-corrected chi connectivity index (χ1v) is 11.5. The van der Waals surface area contributed by atoms with Crippen molar-refractivity contribution < 1.29 is 22.5 Å². The Morgan fingerprint density at radius 3 is 2.47 bits per heavy atom. The number of amides is 1. The number of benzene rings is 2. The predicted molar refractivity (Wildman–Crippen MR) is 134 cm³/mol. The summed E-state index contributed by atoms with van der Waals surface area (Å²) in [7, 11) is 0. The summed E-state index contributed by atoms with van der Waals surface area (Å²) in [6.07, 6.45) is -3.30. The Kier molecular flexibility index (Phi) is 6.27. The van der Waals surface area contributed by atoms with Crippen LogP contribution in [-0.4, -0.2) is 25.6 Å². The molecule has 0 bridgehead atoms. The number of fused-ring (bicyclic) bond motifs is 1. The molecule has 1 amide bonds. The number of pyridine rings is 2. The number of carbonyl (C=O) groups excluding carboxylic acids is 1. The molecule has 3 heterocycles. The normalized spacial score (nSPS) is 11.6. The summed E-state index contributed by atoms with van der Waals surface area (Å²) in [6.45, 7) is 3.23. The summed E-state index contributed by atoms with van der Waals surface area (Å²) in [5.74, 6) is -0.536. The molecule has 0 saturated heterocycles. The highest BCUT2D eigenvalue weighted by molar-refractivity contribution is 5.92. The van der Waals surface area contributed by atoms with Crippen molar-refractivity contribution in [2.75, 3.05) is 5.32 Å². The van der Waals surface area contributed by atoms with E-state index in [9.17, 15) is 22.8 Å². The molecule has 5 rings (SSSR count). The Hall–Kier alpha value is -4.80. The lowest BCUT2D eigenvalue weighted by Gasteiger charge is -2.15. The van der Waals surface area contributed by atoms with Gasteiger partial charge in [0.1, 0.15) is 17.8 Å². The Morgan fingerprint density at radius 2 is 1.74 bits per heavy atom. The Bertz CT molecular complexity index is 1720. The van der Waals surface area contributed by atoms with Crippen molar-refractivity contribution in [3.63, 3.8) is 0 Å². The van der Waals surface area contributed by atoms with E-state index in [2.05, 4.69) is 20.4 Å². The SMILES string of the molecule is Cc1ccc(-c2noc(-c3cn(CC(=O)Nc4ccccc4C(F)(F)F)c4nc(C)ccc4c3=O)n2)cc1. The van der Waals surface area contributed by atoms with Crippen molar-refractivity contribution >= 4 is 22.6 Å². The highest BCUT2D eigenvalue weighted by atomic mass is 19.4. The fourth-order valence-corrected chi connectivity index (χ4v) is 3.97. The second-order valence-corrected chi connectivity index (χ2v) is 8.70. The quantitative estimate of drug-likeness (QED) is 0.334. The lowest BCUT2D eigenvalue weighted by Crippen LogP contribution is -2.23. The molecule has 5 aromatic rings. The third kappa shape index (κ3) is 4.90. The van der Waals surface area contributed by atoms with Crippen LogP contribution in [0.3, 0.4) is 0 Å². The van der Waals surface area contributed by atoms with Crippen LogP contribution >= 0.6 is 0 Å². The summed E-state index contributed by atoms with van der Waals surface area (Å²) in [5.41, 5.74) is 0.752. The Morgan fingerprint density at radius 1 is 1.00 bits per heavy atom. The van der Waals surface area contributed by atoms with Gasteiger partial charge in [0, 0.05) is 17.5 Å². The summed E-state index contributed by atoms with van der Waals surface area (Å²) in [6, 6.07) is 15.3. The molecule has 11 heteroatoms. The average Bonchev–Trinajstić information content (AvgIpc) is 3.36. The minimum absolute atomic E-state index is 0.0255. The van der Waals surface area contributed by atoms with E-state index in [1.165, 1.54) is 29.0 Å². The first kappa shape index (κ1) is 24.9. The van der Waals surface area contributed by atoms with Gasteiger partial charge in [-0.15, -0.1) is 0 Å². The first-order chi connectivity index (χ1) is 18.1. The summed E-state index contributed by atoms with van der Waals surface area (Å²) in [4.78, 5) is 34.9.